The van der Waals surface area contributed by atoms with E-state index in [1.165, 1.54) is 24.3 Å². The zero-order chi connectivity index (χ0) is 20.6. The topological polar surface area (TPSA) is 88.2 Å². The number of ether oxygens (including phenoxy) is 1. The second-order valence-corrected chi connectivity index (χ2v) is 6.28. The van der Waals surface area contributed by atoms with Crippen LogP contribution in [0, 0.1) is 12.7 Å². The van der Waals surface area contributed by atoms with Crippen LogP contribution >= 0.6 is 0 Å². The van der Waals surface area contributed by atoms with Gasteiger partial charge in [0.1, 0.15) is 17.5 Å². The van der Waals surface area contributed by atoms with E-state index >= 15 is 0 Å². The first-order valence-corrected chi connectivity index (χ1v) is 9.21. The molecule has 2 amide bonds. The highest BCUT2D eigenvalue weighted by Gasteiger charge is 2.06. The van der Waals surface area contributed by atoms with Crippen molar-refractivity contribution in [2.75, 3.05) is 22.6 Å². The maximum absolute atomic E-state index is 12.9. The van der Waals surface area contributed by atoms with Crippen LogP contribution in [0.5, 0.6) is 5.88 Å². The molecule has 0 spiro atoms. The quantitative estimate of drug-likeness (QED) is 0.518. The minimum Gasteiger partial charge on any atom is -0.478 e. The molecule has 0 atom stereocenters. The average molecular weight is 395 g/mol. The van der Waals surface area contributed by atoms with Crippen molar-refractivity contribution < 1.29 is 13.9 Å². The zero-order valence-electron chi connectivity index (χ0n) is 16.2. The van der Waals surface area contributed by atoms with E-state index in [1.807, 2.05) is 19.1 Å². The molecule has 0 saturated heterocycles. The van der Waals surface area contributed by atoms with Gasteiger partial charge in [0.25, 0.3) is 0 Å². The van der Waals surface area contributed by atoms with Gasteiger partial charge in [0.2, 0.25) is 5.88 Å². The summed E-state index contributed by atoms with van der Waals surface area (Å²) in [5.74, 6) is 1.40. The van der Waals surface area contributed by atoms with Crippen LogP contribution in [0.3, 0.4) is 0 Å². The Kier molecular flexibility index (Phi) is 6.57. The molecule has 29 heavy (non-hydrogen) atoms. The van der Waals surface area contributed by atoms with Crippen molar-refractivity contribution in [3.63, 3.8) is 0 Å². The molecule has 3 aromatic rings. The lowest BCUT2D eigenvalue weighted by Gasteiger charge is -2.11. The van der Waals surface area contributed by atoms with Crippen molar-refractivity contribution in [2.45, 2.75) is 20.3 Å². The van der Waals surface area contributed by atoms with E-state index in [0.29, 0.717) is 35.5 Å². The van der Waals surface area contributed by atoms with E-state index < -0.39 is 6.03 Å². The second-order valence-electron chi connectivity index (χ2n) is 6.28. The Morgan fingerprint density at radius 1 is 0.966 bits per heavy atom. The van der Waals surface area contributed by atoms with Crippen molar-refractivity contribution >= 4 is 28.9 Å². The van der Waals surface area contributed by atoms with Crippen LogP contribution in [0.1, 0.15) is 19.2 Å². The molecule has 0 fully saturated rings. The summed E-state index contributed by atoms with van der Waals surface area (Å²) in [6.07, 6.45) is 0.898. The highest BCUT2D eigenvalue weighted by atomic mass is 19.1. The Morgan fingerprint density at radius 3 is 2.17 bits per heavy atom. The molecule has 0 unspecified atom stereocenters. The SMILES string of the molecule is CCCOc1cc(Nc2ccc(NC(=O)Nc3ccc(F)cc3)cc2)nc(C)n1. The van der Waals surface area contributed by atoms with Crippen LogP contribution in [-0.2, 0) is 0 Å². The molecule has 0 saturated carbocycles. The molecule has 3 rings (SSSR count). The van der Waals surface area contributed by atoms with Crippen LogP contribution in [0.15, 0.2) is 54.6 Å². The lowest BCUT2D eigenvalue weighted by molar-refractivity contribution is 0.262. The zero-order valence-corrected chi connectivity index (χ0v) is 16.2. The van der Waals surface area contributed by atoms with Crippen LogP contribution < -0.4 is 20.7 Å². The molecule has 3 N–H and O–H groups in total. The standard InChI is InChI=1S/C21H22FN5O2/c1-3-12-29-20-13-19(23-14(2)24-20)25-16-8-10-18(11-9-16)27-21(28)26-17-6-4-15(22)5-7-17/h4-11,13H,3,12H2,1-2H3,(H,23,24,25)(H2,26,27,28). The highest BCUT2D eigenvalue weighted by molar-refractivity contribution is 5.99. The van der Waals surface area contributed by atoms with Gasteiger partial charge in [-0.15, -0.1) is 0 Å². The number of hydrogen-bond donors (Lipinski definition) is 3. The third kappa shape index (κ3) is 6.17. The Labute approximate surface area is 168 Å². The number of aromatic nitrogens is 2. The molecule has 0 aliphatic heterocycles. The van der Waals surface area contributed by atoms with E-state index in [2.05, 4.69) is 25.9 Å². The third-order valence-electron chi connectivity index (χ3n) is 3.79. The smallest absolute Gasteiger partial charge is 0.323 e. The maximum atomic E-state index is 12.9. The number of anilines is 4. The van der Waals surface area contributed by atoms with Gasteiger partial charge in [0.05, 0.1) is 6.61 Å². The van der Waals surface area contributed by atoms with Crippen molar-refractivity contribution in [1.82, 2.24) is 9.97 Å². The predicted octanol–water partition coefficient (Wildman–Crippen LogP) is 5.10. The fraction of sp³-hybridized carbons (Fsp3) is 0.190. The van der Waals surface area contributed by atoms with Gasteiger partial charge < -0.3 is 20.7 Å². The van der Waals surface area contributed by atoms with Crippen molar-refractivity contribution in [3.8, 4) is 5.88 Å². The Balaban J connectivity index is 1.59. The van der Waals surface area contributed by atoms with Crippen molar-refractivity contribution in [1.29, 1.82) is 0 Å². The Bertz CT molecular complexity index is 962. The molecule has 0 aliphatic carbocycles. The first kappa shape index (κ1) is 20.1. The number of amides is 2. The van der Waals surface area contributed by atoms with E-state index in [-0.39, 0.29) is 5.82 Å². The van der Waals surface area contributed by atoms with Gasteiger partial charge in [-0.25, -0.2) is 14.2 Å². The van der Waals surface area contributed by atoms with Crippen molar-refractivity contribution in [2.24, 2.45) is 0 Å². The molecule has 2 aromatic carbocycles. The Morgan fingerprint density at radius 2 is 1.55 bits per heavy atom. The van der Waals surface area contributed by atoms with E-state index in [1.54, 1.807) is 25.1 Å². The molecule has 7 nitrogen and oxygen atoms in total. The molecule has 0 bridgehead atoms. The molecular weight excluding hydrogens is 373 g/mol. The summed E-state index contributed by atoms with van der Waals surface area (Å²) in [5, 5.41) is 8.55. The fourth-order valence-electron chi connectivity index (χ4n) is 2.50. The summed E-state index contributed by atoms with van der Waals surface area (Å²) < 4.78 is 18.5. The molecule has 150 valence electrons. The summed E-state index contributed by atoms with van der Waals surface area (Å²) in [6.45, 7) is 4.43. The van der Waals surface area contributed by atoms with Crippen LogP contribution in [0.4, 0.5) is 32.1 Å². The number of aryl methyl sites for hydroxylation is 1. The normalized spacial score (nSPS) is 10.3. The van der Waals surface area contributed by atoms with Crippen LogP contribution in [-0.4, -0.2) is 22.6 Å². The molecule has 1 aromatic heterocycles. The maximum Gasteiger partial charge on any atom is 0.323 e. The van der Waals surface area contributed by atoms with Crippen molar-refractivity contribution in [3.05, 3.63) is 66.2 Å². The number of carbonyl (C=O) groups is 1. The number of nitrogens with one attached hydrogen (secondary N) is 3. The fourth-order valence-corrected chi connectivity index (χ4v) is 2.50. The number of carbonyl (C=O) groups excluding carboxylic acids is 1. The lowest BCUT2D eigenvalue weighted by Crippen LogP contribution is -2.19. The number of benzene rings is 2. The largest absolute Gasteiger partial charge is 0.478 e. The van der Waals surface area contributed by atoms with Crippen LogP contribution in [0.2, 0.25) is 0 Å². The van der Waals surface area contributed by atoms with Gasteiger partial charge in [0.15, 0.2) is 0 Å². The predicted molar refractivity (Wildman–Crippen MR) is 111 cm³/mol. The molecule has 8 heteroatoms. The van der Waals surface area contributed by atoms with Gasteiger partial charge in [-0.1, -0.05) is 6.92 Å². The van der Waals surface area contributed by atoms with Gasteiger partial charge in [0, 0.05) is 23.1 Å². The van der Waals surface area contributed by atoms with E-state index in [0.717, 1.165) is 12.1 Å². The summed E-state index contributed by atoms with van der Waals surface area (Å²) in [5.41, 5.74) is 1.91. The number of rotatable bonds is 7. The minimum atomic E-state index is -0.415. The molecular formula is C21H22FN5O2. The summed E-state index contributed by atoms with van der Waals surface area (Å²) in [4.78, 5) is 20.6. The van der Waals surface area contributed by atoms with Gasteiger partial charge >= 0.3 is 6.03 Å². The van der Waals surface area contributed by atoms with Gasteiger partial charge in [-0.3, -0.25) is 0 Å². The third-order valence-corrected chi connectivity index (χ3v) is 3.79. The number of halogens is 1. The number of nitrogens with zero attached hydrogens (tertiary/aromatic N) is 2. The molecule has 0 radical (unpaired) electrons. The molecule has 1 heterocycles. The number of urea groups is 1. The highest BCUT2D eigenvalue weighted by Crippen LogP contribution is 2.21. The summed E-state index contributed by atoms with van der Waals surface area (Å²) >= 11 is 0. The lowest BCUT2D eigenvalue weighted by atomic mass is 10.2. The average Bonchev–Trinajstić information content (AvgIpc) is 2.69. The minimum absolute atomic E-state index is 0.359. The van der Waals surface area contributed by atoms with E-state index in [9.17, 15) is 9.18 Å². The monoisotopic (exact) mass is 395 g/mol. The number of hydrogen-bond acceptors (Lipinski definition) is 5. The second kappa shape index (κ2) is 9.50. The first-order chi connectivity index (χ1) is 14.0. The van der Waals surface area contributed by atoms with E-state index in [4.69, 9.17) is 4.74 Å². The van der Waals surface area contributed by atoms with Gasteiger partial charge in [-0.2, -0.15) is 4.98 Å². The molecule has 0 aliphatic rings. The Hall–Kier alpha value is -3.68. The first-order valence-electron chi connectivity index (χ1n) is 9.21. The van der Waals surface area contributed by atoms with Crippen LogP contribution in [0.25, 0.3) is 0 Å². The summed E-state index contributed by atoms with van der Waals surface area (Å²) in [7, 11) is 0. The van der Waals surface area contributed by atoms with Gasteiger partial charge in [-0.05, 0) is 61.9 Å². The summed E-state index contributed by atoms with van der Waals surface area (Å²) in [6, 6.07) is 14.0.